The van der Waals surface area contributed by atoms with E-state index in [0.717, 1.165) is 21.8 Å². The molecule has 2 rings (SSSR count). The van der Waals surface area contributed by atoms with Gasteiger partial charge in [-0.25, -0.2) is 0 Å². The average Bonchev–Trinajstić information content (AvgIpc) is 2.83. The summed E-state index contributed by atoms with van der Waals surface area (Å²) < 4.78 is 1.02. The fourth-order valence-electron chi connectivity index (χ4n) is 1.54. The number of aromatic nitrogens is 2. The molecule has 0 unspecified atom stereocenters. The first-order chi connectivity index (χ1) is 9.15. The van der Waals surface area contributed by atoms with Gasteiger partial charge in [-0.2, -0.15) is 0 Å². The van der Waals surface area contributed by atoms with Crippen LogP contribution in [0.2, 0.25) is 0 Å². The van der Waals surface area contributed by atoms with Gasteiger partial charge in [0.25, 0.3) is 0 Å². The van der Waals surface area contributed by atoms with Crippen molar-refractivity contribution in [3.8, 4) is 0 Å². The summed E-state index contributed by atoms with van der Waals surface area (Å²) in [5, 5.41) is 12.6. The maximum absolute atomic E-state index is 4.21. The van der Waals surface area contributed by atoms with Crippen molar-refractivity contribution < 1.29 is 0 Å². The van der Waals surface area contributed by atoms with Gasteiger partial charge in [0.05, 0.1) is 0 Å². The molecule has 19 heavy (non-hydrogen) atoms. The van der Waals surface area contributed by atoms with Crippen LogP contribution in [0.15, 0.2) is 28.6 Å². The maximum Gasteiger partial charge on any atom is 0.206 e. The van der Waals surface area contributed by atoms with Gasteiger partial charge in [0.1, 0.15) is 0 Å². The van der Waals surface area contributed by atoms with Gasteiger partial charge >= 0.3 is 0 Å². The zero-order valence-corrected chi connectivity index (χ0v) is 13.1. The fourth-order valence-corrected chi connectivity index (χ4v) is 3.38. The number of anilines is 1. The molecule has 5 heteroatoms. The molecule has 1 aromatic carbocycles. The quantitative estimate of drug-likeness (QED) is 0.810. The first-order valence-corrected chi connectivity index (χ1v) is 8.20. The molecule has 0 atom stereocenters. The molecule has 0 saturated heterocycles. The van der Waals surface area contributed by atoms with E-state index >= 15 is 0 Å². The van der Waals surface area contributed by atoms with Crippen LogP contribution in [-0.2, 0) is 5.75 Å². The molecule has 102 valence electrons. The van der Waals surface area contributed by atoms with Crippen LogP contribution in [0.25, 0.3) is 0 Å². The predicted octanol–water partition coefficient (Wildman–Crippen LogP) is 4.21. The molecule has 0 aliphatic rings. The summed E-state index contributed by atoms with van der Waals surface area (Å²) >= 11 is 3.38. The Morgan fingerprint density at radius 3 is 2.79 bits per heavy atom. The molecule has 0 fully saturated rings. The fraction of sp³-hybridized carbons (Fsp3) is 0.429. The van der Waals surface area contributed by atoms with Crippen molar-refractivity contribution in [3.63, 3.8) is 0 Å². The van der Waals surface area contributed by atoms with Gasteiger partial charge in [-0.1, -0.05) is 61.2 Å². The van der Waals surface area contributed by atoms with Crippen LogP contribution >= 0.6 is 23.1 Å². The van der Waals surface area contributed by atoms with Crippen LogP contribution in [0, 0.1) is 12.8 Å². The third kappa shape index (κ3) is 4.51. The van der Waals surface area contributed by atoms with Crippen molar-refractivity contribution in [1.29, 1.82) is 0 Å². The van der Waals surface area contributed by atoms with Crippen LogP contribution in [-0.4, -0.2) is 16.7 Å². The minimum absolute atomic E-state index is 0.618. The van der Waals surface area contributed by atoms with E-state index in [-0.39, 0.29) is 0 Å². The zero-order chi connectivity index (χ0) is 13.7. The van der Waals surface area contributed by atoms with Crippen LogP contribution in [0.1, 0.15) is 25.0 Å². The molecule has 0 saturated carbocycles. The van der Waals surface area contributed by atoms with E-state index < -0.39 is 0 Å². The van der Waals surface area contributed by atoms with Crippen LogP contribution in [0.5, 0.6) is 0 Å². The van der Waals surface area contributed by atoms with Crippen LogP contribution in [0.4, 0.5) is 5.13 Å². The summed E-state index contributed by atoms with van der Waals surface area (Å²) in [5.74, 6) is 1.57. The summed E-state index contributed by atoms with van der Waals surface area (Å²) in [6.07, 6.45) is 0. The van der Waals surface area contributed by atoms with E-state index in [1.807, 2.05) is 0 Å². The molecule has 0 bridgehead atoms. The van der Waals surface area contributed by atoms with Crippen molar-refractivity contribution in [2.24, 2.45) is 5.92 Å². The van der Waals surface area contributed by atoms with E-state index in [2.05, 4.69) is 60.6 Å². The minimum atomic E-state index is 0.618. The van der Waals surface area contributed by atoms with Crippen molar-refractivity contribution in [2.75, 3.05) is 11.9 Å². The lowest BCUT2D eigenvalue weighted by molar-refractivity contribution is 0.687. The van der Waals surface area contributed by atoms with Crippen molar-refractivity contribution in [3.05, 3.63) is 35.4 Å². The first-order valence-electron chi connectivity index (χ1n) is 6.40. The highest BCUT2D eigenvalue weighted by molar-refractivity contribution is 8.00. The molecule has 1 aromatic heterocycles. The van der Waals surface area contributed by atoms with Gasteiger partial charge in [0.2, 0.25) is 5.13 Å². The van der Waals surface area contributed by atoms with Gasteiger partial charge in [-0.15, -0.1) is 10.2 Å². The summed E-state index contributed by atoms with van der Waals surface area (Å²) in [6, 6.07) is 8.47. The normalized spacial score (nSPS) is 10.9. The molecule has 0 aliphatic heterocycles. The number of rotatable bonds is 6. The Kier molecular flexibility index (Phi) is 5.22. The first kappa shape index (κ1) is 14.3. The minimum Gasteiger partial charge on any atom is -0.360 e. The third-order valence-corrected chi connectivity index (χ3v) is 4.74. The maximum atomic E-state index is 4.21. The standard InChI is InChI=1S/C14H19N3S2/c1-10(2)8-15-13-16-17-14(19-13)18-9-12-7-5-4-6-11(12)3/h4-7,10H,8-9H2,1-3H3,(H,15,16). The lowest BCUT2D eigenvalue weighted by Gasteiger charge is -2.03. The lowest BCUT2D eigenvalue weighted by Crippen LogP contribution is -2.07. The highest BCUT2D eigenvalue weighted by Gasteiger charge is 2.06. The molecule has 3 nitrogen and oxygen atoms in total. The average molecular weight is 293 g/mol. The van der Waals surface area contributed by atoms with Gasteiger partial charge in [0.15, 0.2) is 4.34 Å². The monoisotopic (exact) mass is 293 g/mol. The molecule has 0 spiro atoms. The number of nitrogens with one attached hydrogen (secondary N) is 1. The lowest BCUT2D eigenvalue weighted by atomic mass is 10.1. The molecular formula is C14H19N3S2. The molecule has 0 aliphatic carbocycles. The SMILES string of the molecule is Cc1ccccc1CSc1nnc(NCC(C)C)s1. The number of benzene rings is 1. The summed E-state index contributed by atoms with van der Waals surface area (Å²) in [4.78, 5) is 0. The van der Waals surface area contributed by atoms with Crippen LogP contribution < -0.4 is 5.32 Å². The van der Waals surface area contributed by atoms with E-state index in [9.17, 15) is 0 Å². The summed E-state index contributed by atoms with van der Waals surface area (Å²) in [5.41, 5.74) is 2.69. The molecule has 1 N–H and O–H groups in total. The largest absolute Gasteiger partial charge is 0.360 e. The van der Waals surface area contributed by atoms with E-state index in [1.54, 1.807) is 23.1 Å². The summed E-state index contributed by atoms with van der Waals surface area (Å²) in [7, 11) is 0. The Labute approximate surface area is 122 Å². The Bertz CT molecular complexity index is 523. The number of hydrogen-bond donors (Lipinski definition) is 1. The van der Waals surface area contributed by atoms with E-state index in [1.165, 1.54) is 11.1 Å². The molecule has 2 aromatic rings. The smallest absolute Gasteiger partial charge is 0.206 e. The predicted molar refractivity (Wildman–Crippen MR) is 84.0 cm³/mol. The highest BCUT2D eigenvalue weighted by atomic mass is 32.2. The highest BCUT2D eigenvalue weighted by Crippen LogP contribution is 2.29. The number of thioether (sulfide) groups is 1. The number of nitrogens with zero attached hydrogens (tertiary/aromatic N) is 2. The Morgan fingerprint density at radius 2 is 2.05 bits per heavy atom. The zero-order valence-electron chi connectivity index (χ0n) is 11.5. The third-order valence-electron chi connectivity index (χ3n) is 2.68. The van der Waals surface area contributed by atoms with Crippen molar-refractivity contribution in [1.82, 2.24) is 10.2 Å². The molecule has 0 radical (unpaired) electrons. The number of aryl methyl sites for hydroxylation is 1. The van der Waals surface area contributed by atoms with Gasteiger partial charge in [-0.3, -0.25) is 0 Å². The molecule has 1 heterocycles. The second-order valence-corrected chi connectivity index (χ2v) is 7.06. The summed E-state index contributed by atoms with van der Waals surface area (Å²) in [6.45, 7) is 7.45. The Balaban J connectivity index is 1.88. The van der Waals surface area contributed by atoms with Crippen LogP contribution in [0.3, 0.4) is 0 Å². The van der Waals surface area contributed by atoms with Gasteiger partial charge in [-0.05, 0) is 24.0 Å². The van der Waals surface area contributed by atoms with E-state index in [4.69, 9.17) is 0 Å². The topological polar surface area (TPSA) is 37.8 Å². The Morgan fingerprint density at radius 1 is 1.26 bits per heavy atom. The Hall–Kier alpha value is -1.07. The number of hydrogen-bond acceptors (Lipinski definition) is 5. The van der Waals surface area contributed by atoms with Crippen molar-refractivity contribution in [2.45, 2.75) is 30.9 Å². The second kappa shape index (κ2) is 6.91. The van der Waals surface area contributed by atoms with Gasteiger partial charge < -0.3 is 5.32 Å². The van der Waals surface area contributed by atoms with E-state index in [0.29, 0.717) is 5.92 Å². The van der Waals surface area contributed by atoms with Crippen molar-refractivity contribution >= 4 is 28.2 Å². The second-order valence-electron chi connectivity index (χ2n) is 4.86. The molecular weight excluding hydrogens is 274 g/mol. The molecule has 0 amide bonds. The van der Waals surface area contributed by atoms with Gasteiger partial charge in [0, 0.05) is 12.3 Å².